The SMILES string of the molecule is Cc1ccc([C@@H]2c3cc(OCc4nc(C(=O)NCc5ccncc5)co4)ccc3CCN2C(=O)C2CC2)cc1. The van der Waals surface area contributed by atoms with Crippen LogP contribution >= 0.6 is 0 Å². The Kier molecular flexibility index (Phi) is 6.84. The van der Waals surface area contributed by atoms with E-state index >= 15 is 0 Å². The molecule has 0 unspecified atom stereocenters. The highest BCUT2D eigenvalue weighted by Gasteiger charge is 2.39. The van der Waals surface area contributed by atoms with Crippen molar-refractivity contribution in [1.82, 2.24) is 20.2 Å². The van der Waals surface area contributed by atoms with Gasteiger partial charge >= 0.3 is 0 Å². The van der Waals surface area contributed by atoms with E-state index < -0.39 is 0 Å². The van der Waals surface area contributed by atoms with Crippen LogP contribution in [0.25, 0.3) is 0 Å². The Morgan fingerprint density at radius 1 is 1.08 bits per heavy atom. The molecule has 0 bridgehead atoms. The van der Waals surface area contributed by atoms with Gasteiger partial charge in [0.2, 0.25) is 11.8 Å². The number of fused-ring (bicyclic) bond motifs is 1. The number of hydrogen-bond acceptors (Lipinski definition) is 6. The number of rotatable bonds is 8. The van der Waals surface area contributed by atoms with Crippen molar-refractivity contribution in [1.29, 1.82) is 0 Å². The fourth-order valence-electron chi connectivity index (χ4n) is 4.99. The molecule has 1 aliphatic heterocycles. The number of nitrogens with zero attached hydrogens (tertiary/aromatic N) is 3. The molecule has 8 nitrogen and oxygen atoms in total. The minimum absolute atomic E-state index is 0.0797. The topological polar surface area (TPSA) is 97.6 Å². The Morgan fingerprint density at radius 2 is 1.87 bits per heavy atom. The van der Waals surface area contributed by atoms with Gasteiger partial charge in [0.15, 0.2) is 12.3 Å². The number of aryl methyl sites for hydroxylation is 1. The number of carbonyl (C=O) groups is 2. The van der Waals surface area contributed by atoms with Gasteiger partial charge in [-0.1, -0.05) is 35.9 Å². The third-order valence-electron chi connectivity index (χ3n) is 7.30. The number of amides is 2. The molecular formula is C31H30N4O4. The van der Waals surface area contributed by atoms with E-state index in [9.17, 15) is 9.59 Å². The summed E-state index contributed by atoms with van der Waals surface area (Å²) >= 11 is 0. The van der Waals surface area contributed by atoms with E-state index in [-0.39, 0.29) is 36.1 Å². The van der Waals surface area contributed by atoms with E-state index in [0.29, 0.717) is 24.7 Å². The maximum absolute atomic E-state index is 13.2. The lowest BCUT2D eigenvalue weighted by Crippen LogP contribution is -2.41. The summed E-state index contributed by atoms with van der Waals surface area (Å²) in [4.78, 5) is 36.0. The summed E-state index contributed by atoms with van der Waals surface area (Å²) in [7, 11) is 0. The number of benzene rings is 2. The molecule has 1 fully saturated rings. The fraction of sp³-hybridized carbons (Fsp3) is 0.290. The maximum atomic E-state index is 13.2. The molecule has 2 amide bonds. The summed E-state index contributed by atoms with van der Waals surface area (Å²) < 4.78 is 11.5. The Balaban J connectivity index is 1.17. The van der Waals surface area contributed by atoms with Crippen LogP contribution in [0.5, 0.6) is 5.75 Å². The van der Waals surface area contributed by atoms with E-state index in [1.165, 1.54) is 17.4 Å². The van der Waals surface area contributed by atoms with E-state index in [1.807, 2.05) is 29.2 Å². The number of carbonyl (C=O) groups excluding carboxylic acids is 2. The molecule has 2 aromatic carbocycles. The van der Waals surface area contributed by atoms with Gasteiger partial charge in [-0.2, -0.15) is 0 Å². The van der Waals surface area contributed by atoms with Crippen LogP contribution in [-0.4, -0.2) is 33.2 Å². The molecule has 0 radical (unpaired) electrons. The van der Waals surface area contributed by atoms with Crippen LogP contribution in [0.3, 0.4) is 0 Å². The second-order valence-electron chi connectivity index (χ2n) is 10.2. The van der Waals surface area contributed by atoms with Gasteiger partial charge in [-0.05, 0) is 72.7 Å². The molecule has 1 N–H and O–H groups in total. The summed E-state index contributed by atoms with van der Waals surface area (Å²) in [5, 5.41) is 2.82. The second kappa shape index (κ2) is 10.7. The lowest BCUT2D eigenvalue weighted by Gasteiger charge is -2.38. The molecule has 4 aromatic rings. The molecule has 8 heteroatoms. The van der Waals surface area contributed by atoms with Crippen LogP contribution in [0.1, 0.15) is 63.1 Å². The number of aromatic nitrogens is 2. The average Bonchev–Trinajstić information content (AvgIpc) is 3.72. The first-order chi connectivity index (χ1) is 19.0. The van der Waals surface area contributed by atoms with Crippen molar-refractivity contribution >= 4 is 11.8 Å². The first-order valence-corrected chi connectivity index (χ1v) is 13.3. The lowest BCUT2D eigenvalue weighted by molar-refractivity contribution is -0.134. The highest BCUT2D eigenvalue weighted by molar-refractivity contribution is 5.91. The molecule has 0 spiro atoms. The number of ether oxygens (including phenoxy) is 1. The van der Waals surface area contributed by atoms with Gasteiger partial charge in [0.25, 0.3) is 5.91 Å². The van der Waals surface area contributed by atoms with E-state index in [4.69, 9.17) is 9.15 Å². The zero-order valence-electron chi connectivity index (χ0n) is 21.8. The Labute approximate surface area is 227 Å². The van der Waals surface area contributed by atoms with Gasteiger partial charge in [-0.25, -0.2) is 4.98 Å². The first-order valence-electron chi connectivity index (χ1n) is 13.3. The third-order valence-corrected chi connectivity index (χ3v) is 7.30. The lowest BCUT2D eigenvalue weighted by atomic mass is 9.87. The van der Waals surface area contributed by atoms with Crippen molar-refractivity contribution < 1.29 is 18.7 Å². The van der Waals surface area contributed by atoms with Crippen LogP contribution in [0.4, 0.5) is 0 Å². The van der Waals surface area contributed by atoms with Gasteiger partial charge in [0.05, 0.1) is 6.04 Å². The predicted molar refractivity (Wildman–Crippen MR) is 144 cm³/mol. The van der Waals surface area contributed by atoms with Crippen LogP contribution < -0.4 is 10.1 Å². The van der Waals surface area contributed by atoms with E-state index in [2.05, 4.69) is 52.5 Å². The zero-order chi connectivity index (χ0) is 26.8. The van der Waals surface area contributed by atoms with Crippen molar-refractivity contribution in [3.8, 4) is 5.75 Å². The van der Waals surface area contributed by atoms with Gasteiger partial charge < -0.3 is 19.4 Å². The third kappa shape index (κ3) is 5.55. The Hall–Kier alpha value is -4.46. The smallest absolute Gasteiger partial charge is 0.273 e. The molecule has 1 atom stereocenters. The molecule has 2 aliphatic rings. The largest absolute Gasteiger partial charge is 0.484 e. The number of nitrogens with one attached hydrogen (secondary N) is 1. The standard InChI is InChI=1S/C31H30N4O4/c1-20-2-4-23(5-3-20)29-26-16-25(9-8-22(26)12-15-35(29)31(37)24-6-7-24)38-19-28-34-27(18-39-28)30(36)33-17-21-10-13-32-14-11-21/h2-5,8-11,13-14,16,18,24,29H,6-7,12,15,17,19H2,1H3,(H,33,36)/t29-/m1/s1. The normalized spacial score (nSPS) is 16.4. The number of hydrogen-bond donors (Lipinski definition) is 1. The van der Waals surface area contributed by atoms with Crippen molar-refractivity contribution in [2.45, 2.75) is 45.4 Å². The first kappa shape index (κ1) is 24.9. The maximum Gasteiger partial charge on any atom is 0.273 e. The minimum atomic E-state index is -0.322. The van der Waals surface area contributed by atoms with Crippen LogP contribution in [0.15, 0.2) is 77.7 Å². The molecule has 6 rings (SSSR count). The Morgan fingerprint density at radius 3 is 2.64 bits per heavy atom. The molecule has 1 saturated carbocycles. The highest BCUT2D eigenvalue weighted by atomic mass is 16.5. The van der Waals surface area contributed by atoms with Crippen LogP contribution in [-0.2, 0) is 24.4 Å². The summed E-state index contributed by atoms with van der Waals surface area (Å²) in [6.45, 7) is 3.23. The average molecular weight is 523 g/mol. The molecule has 0 saturated heterocycles. The van der Waals surface area contributed by atoms with Gasteiger partial charge in [-0.15, -0.1) is 0 Å². The molecular weight excluding hydrogens is 492 g/mol. The van der Waals surface area contributed by atoms with Crippen molar-refractivity contribution in [2.24, 2.45) is 5.92 Å². The Bertz CT molecular complexity index is 1480. The minimum Gasteiger partial charge on any atom is -0.484 e. The quantitative estimate of drug-likeness (QED) is 0.358. The van der Waals surface area contributed by atoms with Gasteiger partial charge in [0, 0.05) is 31.4 Å². The monoisotopic (exact) mass is 522 g/mol. The van der Waals surface area contributed by atoms with E-state index in [0.717, 1.165) is 36.0 Å². The second-order valence-corrected chi connectivity index (χ2v) is 10.2. The van der Waals surface area contributed by atoms with Gasteiger partial charge in [0.1, 0.15) is 12.0 Å². The zero-order valence-corrected chi connectivity index (χ0v) is 21.8. The fourth-order valence-corrected chi connectivity index (χ4v) is 4.99. The summed E-state index contributed by atoms with van der Waals surface area (Å²) in [6.07, 6.45) is 7.46. The van der Waals surface area contributed by atoms with E-state index in [1.54, 1.807) is 12.4 Å². The molecule has 2 aromatic heterocycles. The number of pyridine rings is 1. The summed E-state index contributed by atoms with van der Waals surface area (Å²) in [5.41, 5.74) is 5.73. The van der Waals surface area contributed by atoms with Crippen molar-refractivity contribution in [2.75, 3.05) is 6.54 Å². The summed E-state index contributed by atoms with van der Waals surface area (Å²) in [5.74, 6) is 1.04. The highest BCUT2D eigenvalue weighted by Crippen LogP contribution is 2.41. The predicted octanol–water partition coefficient (Wildman–Crippen LogP) is 4.77. The summed E-state index contributed by atoms with van der Waals surface area (Å²) in [6, 6.07) is 18.0. The molecule has 39 heavy (non-hydrogen) atoms. The number of oxazole rings is 1. The molecule has 1 aliphatic carbocycles. The van der Waals surface area contributed by atoms with Crippen molar-refractivity contribution in [3.63, 3.8) is 0 Å². The van der Waals surface area contributed by atoms with Crippen LogP contribution in [0.2, 0.25) is 0 Å². The van der Waals surface area contributed by atoms with Crippen LogP contribution in [0, 0.1) is 12.8 Å². The molecule has 3 heterocycles. The molecule has 198 valence electrons. The van der Waals surface area contributed by atoms with Crippen molar-refractivity contribution in [3.05, 3.63) is 113 Å². The van der Waals surface area contributed by atoms with Gasteiger partial charge in [-0.3, -0.25) is 14.6 Å².